The molecule has 37 heavy (non-hydrogen) atoms. The number of nitrogens with one attached hydrogen (secondary N) is 1. The molecule has 194 valence electrons. The quantitative estimate of drug-likeness (QED) is 0.518. The van der Waals surface area contributed by atoms with E-state index in [1.54, 1.807) is 24.5 Å². The Morgan fingerprint density at radius 1 is 1.08 bits per heavy atom. The van der Waals surface area contributed by atoms with Gasteiger partial charge in [0.05, 0.1) is 17.5 Å². The minimum atomic E-state index is -4.43. The number of piperazine rings is 1. The number of anilines is 1. The van der Waals surface area contributed by atoms with Crippen LogP contribution in [0.2, 0.25) is 0 Å². The molecule has 1 saturated heterocycles. The van der Waals surface area contributed by atoms with Gasteiger partial charge in [-0.3, -0.25) is 14.7 Å². The summed E-state index contributed by atoms with van der Waals surface area (Å²) in [7, 11) is 0. The standard InChI is InChI=1S/C28H29F3N4O2/c29-28(30,31)22-8-9-25-21(15-22)16-24(27(36)33-18-20-5-4-10-32-17-20)26-19-34(11-12-35(25)26)13-14-37-23-6-2-1-3-7-23/h1-10,15,17,24,26H,11-14,16,18-19H2,(H,33,36)/t24-,26+/m1/s1. The highest BCUT2D eigenvalue weighted by molar-refractivity contribution is 5.82. The van der Waals surface area contributed by atoms with Crippen LogP contribution in [0.15, 0.2) is 73.1 Å². The van der Waals surface area contributed by atoms with Gasteiger partial charge >= 0.3 is 6.18 Å². The second-order valence-electron chi connectivity index (χ2n) is 9.45. The third kappa shape index (κ3) is 5.88. The molecule has 0 bridgehead atoms. The van der Waals surface area contributed by atoms with Crippen LogP contribution in [0.3, 0.4) is 0 Å². The highest BCUT2D eigenvalue weighted by Gasteiger charge is 2.42. The summed E-state index contributed by atoms with van der Waals surface area (Å²) in [4.78, 5) is 21.9. The third-order valence-corrected chi connectivity index (χ3v) is 7.07. The van der Waals surface area contributed by atoms with Gasteiger partial charge in [-0.15, -0.1) is 0 Å². The van der Waals surface area contributed by atoms with Crippen molar-refractivity contribution in [1.29, 1.82) is 0 Å². The number of para-hydroxylation sites is 1. The van der Waals surface area contributed by atoms with Gasteiger partial charge < -0.3 is 15.0 Å². The molecule has 3 heterocycles. The monoisotopic (exact) mass is 510 g/mol. The molecule has 2 aliphatic rings. The maximum Gasteiger partial charge on any atom is 0.416 e. The molecule has 1 N–H and O–H groups in total. The van der Waals surface area contributed by atoms with E-state index in [2.05, 4.69) is 20.1 Å². The number of fused-ring (bicyclic) bond motifs is 3. The molecular weight excluding hydrogens is 481 g/mol. The van der Waals surface area contributed by atoms with Crippen molar-refractivity contribution >= 4 is 11.6 Å². The fraction of sp³-hybridized carbons (Fsp3) is 0.357. The van der Waals surface area contributed by atoms with Gasteiger partial charge in [0, 0.05) is 50.8 Å². The van der Waals surface area contributed by atoms with E-state index in [0.29, 0.717) is 38.3 Å². The fourth-order valence-electron chi connectivity index (χ4n) is 5.19. The summed E-state index contributed by atoms with van der Waals surface area (Å²) in [6.07, 6.45) is -0.819. The van der Waals surface area contributed by atoms with E-state index in [9.17, 15) is 18.0 Å². The zero-order valence-corrected chi connectivity index (χ0v) is 20.3. The van der Waals surface area contributed by atoms with E-state index >= 15 is 0 Å². The predicted octanol–water partition coefficient (Wildman–Crippen LogP) is 4.16. The average molecular weight is 511 g/mol. The maximum atomic E-state index is 13.4. The molecule has 0 spiro atoms. The van der Waals surface area contributed by atoms with E-state index < -0.39 is 17.7 Å². The normalized spacial score (nSPS) is 19.6. The minimum Gasteiger partial charge on any atom is -0.492 e. The minimum absolute atomic E-state index is 0.149. The molecule has 0 unspecified atom stereocenters. The Morgan fingerprint density at radius 3 is 2.68 bits per heavy atom. The zero-order chi connectivity index (χ0) is 25.8. The Kier molecular flexibility index (Phi) is 7.32. The van der Waals surface area contributed by atoms with Gasteiger partial charge in [-0.2, -0.15) is 13.2 Å². The van der Waals surface area contributed by atoms with Gasteiger partial charge in [-0.05, 0) is 53.9 Å². The van der Waals surface area contributed by atoms with Gasteiger partial charge in [0.2, 0.25) is 5.91 Å². The van der Waals surface area contributed by atoms with Gasteiger partial charge in [0.1, 0.15) is 12.4 Å². The second-order valence-corrected chi connectivity index (χ2v) is 9.45. The van der Waals surface area contributed by atoms with Crippen LogP contribution in [-0.2, 0) is 23.9 Å². The van der Waals surface area contributed by atoms with Crippen LogP contribution in [0.1, 0.15) is 16.7 Å². The molecule has 1 amide bonds. The first-order chi connectivity index (χ1) is 17.9. The summed E-state index contributed by atoms with van der Waals surface area (Å²) in [6.45, 7) is 3.52. The molecule has 0 saturated carbocycles. The number of benzene rings is 2. The molecule has 9 heteroatoms. The topological polar surface area (TPSA) is 57.7 Å². The number of ether oxygens (including phenoxy) is 1. The number of carbonyl (C=O) groups is 1. The number of pyridine rings is 1. The Bertz CT molecular complexity index is 1210. The number of alkyl halides is 3. The average Bonchev–Trinajstić information content (AvgIpc) is 2.91. The van der Waals surface area contributed by atoms with Crippen LogP contribution >= 0.6 is 0 Å². The molecule has 2 aliphatic heterocycles. The largest absolute Gasteiger partial charge is 0.492 e. The molecule has 2 atom stereocenters. The van der Waals surface area contributed by atoms with E-state index in [0.717, 1.165) is 29.6 Å². The number of hydrogen-bond acceptors (Lipinski definition) is 5. The van der Waals surface area contributed by atoms with Crippen LogP contribution < -0.4 is 15.0 Å². The van der Waals surface area contributed by atoms with E-state index in [4.69, 9.17) is 4.74 Å². The van der Waals surface area contributed by atoms with Crippen LogP contribution in [0.25, 0.3) is 0 Å². The van der Waals surface area contributed by atoms with Crippen molar-refractivity contribution in [1.82, 2.24) is 15.2 Å². The SMILES string of the molecule is O=C(NCc1cccnc1)[C@@H]1Cc2cc(C(F)(F)F)ccc2N2CCN(CCOc3ccccc3)C[C@@H]12. The first kappa shape index (κ1) is 25.1. The molecule has 5 rings (SSSR count). The molecule has 0 aliphatic carbocycles. The second kappa shape index (κ2) is 10.8. The van der Waals surface area contributed by atoms with Gasteiger partial charge in [0.15, 0.2) is 0 Å². The highest BCUT2D eigenvalue weighted by Crippen LogP contribution is 2.39. The van der Waals surface area contributed by atoms with Crippen molar-refractivity contribution in [3.8, 4) is 5.75 Å². The molecule has 3 aromatic rings. The van der Waals surface area contributed by atoms with Crippen LogP contribution in [-0.4, -0.2) is 54.6 Å². The van der Waals surface area contributed by atoms with Crippen molar-refractivity contribution in [2.75, 3.05) is 37.7 Å². The lowest BCUT2D eigenvalue weighted by Crippen LogP contribution is -2.61. The Balaban J connectivity index is 1.33. The molecule has 0 radical (unpaired) electrons. The molecule has 2 aromatic carbocycles. The van der Waals surface area contributed by atoms with Crippen molar-refractivity contribution in [3.05, 3.63) is 89.7 Å². The lowest BCUT2D eigenvalue weighted by molar-refractivity contribution is -0.137. The first-order valence-electron chi connectivity index (χ1n) is 12.4. The van der Waals surface area contributed by atoms with E-state index in [1.807, 2.05) is 36.4 Å². The van der Waals surface area contributed by atoms with Crippen molar-refractivity contribution in [3.63, 3.8) is 0 Å². The summed E-state index contributed by atoms with van der Waals surface area (Å²) in [5, 5.41) is 2.99. The first-order valence-corrected chi connectivity index (χ1v) is 12.4. The Labute approximate surface area is 214 Å². The molecule has 6 nitrogen and oxygen atoms in total. The molecule has 1 aromatic heterocycles. The predicted molar refractivity (Wildman–Crippen MR) is 134 cm³/mol. The zero-order valence-electron chi connectivity index (χ0n) is 20.3. The van der Waals surface area contributed by atoms with E-state index in [1.165, 1.54) is 6.07 Å². The lowest BCUT2D eigenvalue weighted by Gasteiger charge is -2.49. The number of rotatable bonds is 7. The van der Waals surface area contributed by atoms with Crippen molar-refractivity contribution in [2.45, 2.75) is 25.2 Å². The molecule has 1 fully saturated rings. The summed E-state index contributed by atoms with van der Waals surface area (Å²) < 4.78 is 46.2. The van der Waals surface area contributed by atoms with Gasteiger partial charge in [-0.1, -0.05) is 24.3 Å². The van der Waals surface area contributed by atoms with Crippen LogP contribution in [0.5, 0.6) is 5.75 Å². The van der Waals surface area contributed by atoms with Gasteiger partial charge in [0.25, 0.3) is 0 Å². The maximum absolute atomic E-state index is 13.4. The highest BCUT2D eigenvalue weighted by atomic mass is 19.4. The summed E-state index contributed by atoms with van der Waals surface area (Å²) in [5.41, 5.74) is 1.53. The van der Waals surface area contributed by atoms with Gasteiger partial charge in [-0.25, -0.2) is 0 Å². The lowest BCUT2D eigenvalue weighted by atomic mass is 9.82. The number of carbonyl (C=O) groups excluding carboxylic acids is 1. The number of halogens is 3. The van der Waals surface area contributed by atoms with E-state index in [-0.39, 0.29) is 18.4 Å². The van der Waals surface area contributed by atoms with Crippen molar-refractivity contribution < 1.29 is 22.7 Å². The Hall–Kier alpha value is -3.59. The summed E-state index contributed by atoms with van der Waals surface area (Å²) >= 11 is 0. The number of hydrogen-bond donors (Lipinski definition) is 1. The van der Waals surface area contributed by atoms with Crippen LogP contribution in [0.4, 0.5) is 18.9 Å². The Morgan fingerprint density at radius 2 is 1.92 bits per heavy atom. The summed E-state index contributed by atoms with van der Waals surface area (Å²) in [5.74, 6) is 0.163. The van der Waals surface area contributed by atoms with Crippen LogP contribution in [0, 0.1) is 5.92 Å². The third-order valence-electron chi connectivity index (χ3n) is 7.07. The number of nitrogens with zero attached hydrogens (tertiary/aromatic N) is 3. The van der Waals surface area contributed by atoms with Crippen molar-refractivity contribution in [2.24, 2.45) is 5.92 Å². The number of amides is 1. The number of aromatic nitrogens is 1. The smallest absolute Gasteiger partial charge is 0.416 e. The summed E-state index contributed by atoms with van der Waals surface area (Å²) in [6, 6.07) is 17.0. The molecular formula is C28H29F3N4O2. The fourth-order valence-corrected chi connectivity index (χ4v) is 5.19.